The topological polar surface area (TPSA) is 0 Å². The standard InChI is InChI=1S/C20H18Si.2ClH.Ti/c1-21(2,19-11-15-7-3-4-8-16(15)12-19)20-13-17-9-5-6-10-18(17)14-20;;;/h3-14H,1-2H3;2*1H;/q-2;;;+4/p-2. The molecule has 4 aromatic rings. The van der Waals surface area contributed by atoms with Crippen LogP contribution >= 0.6 is 0 Å². The van der Waals surface area contributed by atoms with Crippen molar-refractivity contribution in [3.8, 4) is 0 Å². The summed E-state index contributed by atoms with van der Waals surface area (Å²) < 4.78 is 0. The maximum absolute atomic E-state index is 2.45. The average molecular weight is 405 g/mol. The van der Waals surface area contributed by atoms with Crippen LogP contribution in [0.1, 0.15) is 0 Å². The van der Waals surface area contributed by atoms with Crippen molar-refractivity contribution in [1.29, 1.82) is 0 Å². The number of halogens is 2. The van der Waals surface area contributed by atoms with E-state index < -0.39 is 8.07 Å². The van der Waals surface area contributed by atoms with Crippen LogP contribution in [0.15, 0.2) is 72.8 Å². The first-order chi connectivity index (χ1) is 10.1. The van der Waals surface area contributed by atoms with Gasteiger partial charge < -0.3 is 24.8 Å². The first-order valence-electron chi connectivity index (χ1n) is 7.46. The van der Waals surface area contributed by atoms with Crippen LogP contribution in [0, 0.1) is 0 Å². The van der Waals surface area contributed by atoms with Crippen LogP contribution in [0.2, 0.25) is 13.1 Å². The average Bonchev–Trinajstić information content (AvgIpc) is 3.11. The SMILES string of the molecule is C[Si](C)(c1cc2ccccc2[cH-]1)c1cc2ccccc2[cH-]1.[Cl-].[Cl-].[Ti+4]. The third-order valence-corrected chi connectivity index (χ3v) is 8.14. The number of fused-ring (bicyclic) bond motifs is 2. The van der Waals surface area contributed by atoms with Gasteiger partial charge in [-0.15, -0.1) is 69.7 Å². The molecule has 0 saturated heterocycles. The van der Waals surface area contributed by atoms with Crippen LogP contribution in [0.4, 0.5) is 0 Å². The zero-order valence-corrected chi connectivity index (χ0v) is 17.8. The Kier molecular flexibility index (Phi) is 7.10. The van der Waals surface area contributed by atoms with E-state index in [9.17, 15) is 0 Å². The monoisotopic (exact) mass is 404 g/mol. The number of rotatable bonds is 2. The van der Waals surface area contributed by atoms with Crippen LogP contribution in [0.5, 0.6) is 0 Å². The summed E-state index contributed by atoms with van der Waals surface area (Å²) >= 11 is 0. The van der Waals surface area contributed by atoms with Crippen molar-refractivity contribution in [3.05, 3.63) is 72.8 Å². The van der Waals surface area contributed by atoms with Crippen molar-refractivity contribution in [3.63, 3.8) is 0 Å². The Labute approximate surface area is 171 Å². The Balaban J connectivity index is 0.000000960. The predicted octanol–water partition coefficient (Wildman–Crippen LogP) is -1.74. The second-order valence-corrected chi connectivity index (χ2v) is 10.8. The molecule has 120 valence electrons. The van der Waals surface area contributed by atoms with E-state index >= 15 is 0 Å². The second kappa shape index (κ2) is 8.03. The van der Waals surface area contributed by atoms with E-state index in [1.807, 2.05) is 0 Å². The number of hydrogen-bond acceptors (Lipinski definition) is 0. The van der Waals surface area contributed by atoms with Crippen molar-refractivity contribution >= 4 is 40.0 Å². The van der Waals surface area contributed by atoms with Crippen LogP contribution in [0.25, 0.3) is 21.5 Å². The summed E-state index contributed by atoms with van der Waals surface area (Å²) in [7, 11) is -1.62. The molecule has 0 radical (unpaired) electrons. The van der Waals surface area contributed by atoms with E-state index in [0.29, 0.717) is 0 Å². The maximum atomic E-state index is 2.45. The van der Waals surface area contributed by atoms with E-state index in [1.54, 1.807) is 0 Å². The third kappa shape index (κ3) is 3.56. The van der Waals surface area contributed by atoms with Gasteiger partial charge in [-0.3, -0.25) is 0 Å². The minimum absolute atomic E-state index is 0. The minimum atomic E-state index is -1.62. The minimum Gasteiger partial charge on any atom is -1.00 e. The number of hydrogen-bond donors (Lipinski definition) is 0. The molecule has 0 bridgehead atoms. The number of benzene rings is 2. The molecule has 0 spiro atoms. The molecule has 0 aliphatic rings. The van der Waals surface area contributed by atoms with Crippen LogP contribution < -0.4 is 35.2 Å². The zero-order valence-electron chi connectivity index (χ0n) is 13.7. The summed E-state index contributed by atoms with van der Waals surface area (Å²) in [4.78, 5) is 0. The van der Waals surface area contributed by atoms with Crippen LogP contribution in [-0.4, -0.2) is 8.07 Å². The largest absolute Gasteiger partial charge is 4.00 e. The molecule has 0 aliphatic heterocycles. The van der Waals surface area contributed by atoms with Crippen molar-refractivity contribution in [2.24, 2.45) is 0 Å². The van der Waals surface area contributed by atoms with Gasteiger partial charge in [0.15, 0.2) is 0 Å². The van der Waals surface area contributed by atoms with Crippen LogP contribution in [-0.2, 0) is 21.7 Å². The van der Waals surface area contributed by atoms with Gasteiger partial charge in [0.05, 0.1) is 8.07 Å². The van der Waals surface area contributed by atoms with Gasteiger partial charge in [-0.1, -0.05) is 25.2 Å². The van der Waals surface area contributed by atoms with E-state index in [-0.39, 0.29) is 46.5 Å². The molecular formula is C20H18Cl2SiTi. The molecule has 0 amide bonds. The molecule has 0 aliphatic carbocycles. The molecular weight excluding hydrogens is 387 g/mol. The van der Waals surface area contributed by atoms with Gasteiger partial charge in [-0.2, -0.15) is 22.9 Å². The molecule has 0 atom stereocenters. The summed E-state index contributed by atoms with van der Waals surface area (Å²) in [5.74, 6) is 0. The van der Waals surface area contributed by atoms with Gasteiger partial charge in [-0.25, -0.2) is 0 Å². The van der Waals surface area contributed by atoms with Gasteiger partial charge in [-0.05, 0) is 0 Å². The van der Waals surface area contributed by atoms with Gasteiger partial charge >= 0.3 is 21.7 Å². The molecule has 24 heavy (non-hydrogen) atoms. The summed E-state index contributed by atoms with van der Waals surface area (Å²) in [6, 6.07) is 26.9. The predicted molar refractivity (Wildman–Crippen MR) is 95.8 cm³/mol. The molecule has 4 aromatic carbocycles. The third-order valence-electron chi connectivity index (χ3n) is 4.68. The van der Waals surface area contributed by atoms with Crippen molar-refractivity contribution < 1.29 is 46.5 Å². The Bertz CT molecular complexity index is 795. The molecule has 0 fully saturated rings. The van der Waals surface area contributed by atoms with Gasteiger partial charge in [0, 0.05) is 0 Å². The molecule has 0 unspecified atom stereocenters. The van der Waals surface area contributed by atoms with Crippen molar-refractivity contribution in [2.75, 3.05) is 0 Å². The fraction of sp³-hybridized carbons (Fsp3) is 0.100. The Morgan fingerprint density at radius 3 is 1.42 bits per heavy atom. The molecule has 0 saturated carbocycles. The molecule has 0 nitrogen and oxygen atoms in total. The molecule has 0 N–H and O–H groups in total. The zero-order chi connectivity index (χ0) is 14.4. The normalized spacial score (nSPS) is 10.8. The molecule has 0 aromatic heterocycles. The summed E-state index contributed by atoms with van der Waals surface area (Å²) in [6.45, 7) is 4.91. The van der Waals surface area contributed by atoms with E-state index in [1.165, 1.54) is 31.9 Å². The fourth-order valence-electron chi connectivity index (χ4n) is 3.19. The Hall–Kier alpha value is -0.829. The smallest absolute Gasteiger partial charge is 1.00 e. The molecule has 4 rings (SSSR count). The quantitative estimate of drug-likeness (QED) is 0.275. The fourth-order valence-corrected chi connectivity index (χ4v) is 5.59. The van der Waals surface area contributed by atoms with Crippen LogP contribution in [0.3, 0.4) is 0 Å². The second-order valence-electron chi connectivity index (χ2n) is 6.37. The Morgan fingerprint density at radius 2 is 1.04 bits per heavy atom. The van der Waals surface area contributed by atoms with Crippen molar-refractivity contribution in [2.45, 2.75) is 13.1 Å². The summed E-state index contributed by atoms with van der Waals surface area (Å²) in [5, 5.41) is 8.51. The molecule has 0 heterocycles. The summed E-state index contributed by atoms with van der Waals surface area (Å²) in [6.07, 6.45) is 0. The van der Waals surface area contributed by atoms with Gasteiger partial charge in [0.25, 0.3) is 0 Å². The van der Waals surface area contributed by atoms with E-state index in [0.717, 1.165) is 0 Å². The summed E-state index contributed by atoms with van der Waals surface area (Å²) in [5.41, 5.74) is 0. The first-order valence-corrected chi connectivity index (χ1v) is 10.5. The van der Waals surface area contributed by atoms with Gasteiger partial charge in [0.1, 0.15) is 0 Å². The maximum Gasteiger partial charge on any atom is 4.00 e. The van der Waals surface area contributed by atoms with Crippen molar-refractivity contribution in [1.82, 2.24) is 0 Å². The van der Waals surface area contributed by atoms with Gasteiger partial charge in [0.2, 0.25) is 0 Å². The Morgan fingerprint density at radius 1 is 0.667 bits per heavy atom. The van der Waals surface area contributed by atoms with E-state index in [4.69, 9.17) is 0 Å². The molecule has 4 heteroatoms. The van der Waals surface area contributed by atoms with E-state index in [2.05, 4.69) is 85.9 Å². The first kappa shape index (κ1) is 21.2.